The standard InChI is InChI=1S/C18H25N3O2/c1-3-6-16(20-18(23)13(2)19)9-10-17(22)21-11-14-7-4-5-8-15(14)12-21/h4-5,7-10,13,16H,3,6,11-12,19H2,1-2H3,(H,20,23)/t13-,16-/m0/s1. The van der Waals surface area contributed by atoms with E-state index in [2.05, 4.69) is 17.4 Å². The Bertz CT molecular complexity index is 571. The Morgan fingerprint density at radius 1 is 1.30 bits per heavy atom. The Kier molecular flexibility index (Phi) is 5.93. The molecular formula is C18H25N3O2. The molecule has 1 aliphatic heterocycles. The van der Waals surface area contributed by atoms with Crippen molar-refractivity contribution < 1.29 is 9.59 Å². The van der Waals surface area contributed by atoms with Crippen LogP contribution < -0.4 is 11.1 Å². The highest BCUT2D eigenvalue weighted by Gasteiger charge is 2.21. The lowest BCUT2D eigenvalue weighted by Crippen LogP contribution is -2.43. The molecule has 2 amide bonds. The summed E-state index contributed by atoms with van der Waals surface area (Å²) in [6.45, 7) is 4.97. The van der Waals surface area contributed by atoms with Gasteiger partial charge in [0.25, 0.3) is 0 Å². The molecule has 0 spiro atoms. The highest BCUT2D eigenvalue weighted by atomic mass is 16.2. The number of fused-ring (bicyclic) bond motifs is 1. The number of rotatable bonds is 6. The number of nitrogens with two attached hydrogens (primary N) is 1. The van der Waals surface area contributed by atoms with Crippen LogP contribution in [0, 0.1) is 0 Å². The summed E-state index contributed by atoms with van der Waals surface area (Å²) in [5.41, 5.74) is 7.97. The third-order valence-electron chi connectivity index (χ3n) is 3.96. The van der Waals surface area contributed by atoms with Gasteiger partial charge in [-0.05, 0) is 24.5 Å². The highest BCUT2D eigenvalue weighted by molar-refractivity contribution is 5.88. The maximum absolute atomic E-state index is 12.3. The summed E-state index contributed by atoms with van der Waals surface area (Å²) in [6, 6.07) is 7.37. The van der Waals surface area contributed by atoms with E-state index in [0.29, 0.717) is 13.1 Å². The molecule has 2 rings (SSSR count). The molecule has 5 heteroatoms. The molecule has 1 aromatic rings. The van der Waals surface area contributed by atoms with E-state index in [1.807, 2.05) is 19.1 Å². The number of hydrogen-bond donors (Lipinski definition) is 2. The minimum Gasteiger partial charge on any atom is -0.349 e. The summed E-state index contributed by atoms with van der Waals surface area (Å²) in [5.74, 6) is -0.230. The quantitative estimate of drug-likeness (QED) is 0.785. The van der Waals surface area contributed by atoms with Crippen molar-refractivity contribution in [2.24, 2.45) is 5.73 Å². The Labute approximate surface area is 137 Å². The van der Waals surface area contributed by atoms with Crippen molar-refractivity contribution in [2.45, 2.75) is 51.9 Å². The smallest absolute Gasteiger partial charge is 0.246 e. The number of nitrogens with zero attached hydrogens (tertiary/aromatic N) is 1. The Balaban J connectivity index is 1.95. The molecule has 0 saturated heterocycles. The molecule has 23 heavy (non-hydrogen) atoms. The van der Waals surface area contributed by atoms with Crippen molar-refractivity contribution in [1.29, 1.82) is 0 Å². The van der Waals surface area contributed by atoms with Crippen molar-refractivity contribution in [3.63, 3.8) is 0 Å². The fraction of sp³-hybridized carbons (Fsp3) is 0.444. The van der Waals surface area contributed by atoms with Crippen LogP contribution in [0.2, 0.25) is 0 Å². The third-order valence-corrected chi connectivity index (χ3v) is 3.96. The minimum absolute atomic E-state index is 0.0302. The SMILES string of the molecule is CCC[C@@H](C=CC(=O)N1Cc2ccccc2C1)NC(=O)[C@H](C)N. The van der Waals surface area contributed by atoms with Crippen molar-refractivity contribution in [3.05, 3.63) is 47.5 Å². The first-order valence-corrected chi connectivity index (χ1v) is 8.11. The van der Waals surface area contributed by atoms with Crippen LogP contribution in [0.5, 0.6) is 0 Å². The summed E-state index contributed by atoms with van der Waals surface area (Å²) in [6.07, 6.45) is 5.03. The van der Waals surface area contributed by atoms with Gasteiger partial charge in [0.15, 0.2) is 0 Å². The van der Waals surface area contributed by atoms with Crippen LogP contribution in [0.1, 0.15) is 37.8 Å². The fourth-order valence-electron chi connectivity index (χ4n) is 2.63. The molecule has 2 atom stereocenters. The summed E-state index contributed by atoms with van der Waals surface area (Å²) in [5, 5.41) is 2.86. The largest absolute Gasteiger partial charge is 0.349 e. The normalized spacial score (nSPS) is 16.2. The molecule has 1 heterocycles. The topological polar surface area (TPSA) is 75.4 Å². The molecule has 0 unspecified atom stereocenters. The average molecular weight is 315 g/mol. The number of carbonyl (C=O) groups excluding carboxylic acids is 2. The van der Waals surface area contributed by atoms with Crippen LogP contribution in [0.4, 0.5) is 0 Å². The second kappa shape index (κ2) is 7.92. The molecule has 124 valence electrons. The van der Waals surface area contributed by atoms with E-state index in [1.165, 1.54) is 11.1 Å². The molecule has 0 saturated carbocycles. The van der Waals surface area contributed by atoms with Gasteiger partial charge in [0.2, 0.25) is 11.8 Å². The first kappa shape index (κ1) is 17.2. The van der Waals surface area contributed by atoms with Crippen molar-refractivity contribution in [3.8, 4) is 0 Å². The number of carbonyl (C=O) groups is 2. The molecule has 0 bridgehead atoms. The molecule has 1 aliphatic rings. The van der Waals surface area contributed by atoms with Gasteiger partial charge in [-0.15, -0.1) is 0 Å². The van der Waals surface area contributed by atoms with Gasteiger partial charge in [0.1, 0.15) is 0 Å². The van der Waals surface area contributed by atoms with Crippen LogP contribution in [0.15, 0.2) is 36.4 Å². The van der Waals surface area contributed by atoms with E-state index in [9.17, 15) is 9.59 Å². The summed E-state index contributed by atoms with van der Waals surface area (Å²) in [7, 11) is 0. The van der Waals surface area contributed by atoms with Gasteiger partial charge in [-0.3, -0.25) is 9.59 Å². The molecule has 0 radical (unpaired) electrons. The van der Waals surface area contributed by atoms with E-state index in [4.69, 9.17) is 5.73 Å². The molecule has 3 N–H and O–H groups in total. The zero-order valence-corrected chi connectivity index (χ0v) is 13.8. The average Bonchev–Trinajstić information content (AvgIpc) is 2.96. The monoisotopic (exact) mass is 315 g/mol. The molecular weight excluding hydrogens is 290 g/mol. The van der Waals surface area contributed by atoms with Crippen LogP contribution in [0.3, 0.4) is 0 Å². The van der Waals surface area contributed by atoms with Crippen LogP contribution in [-0.2, 0) is 22.7 Å². The molecule has 5 nitrogen and oxygen atoms in total. The minimum atomic E-state index is -0.550. The Morgan fingerprint density at radius 2 is 1.91 bits per heavy atom. The van der Waals surface area contributed by atoms with Gasteiger partial charge in [0.05, 0.1) is 6.04 Å². The van der Waals surface area contributed by atoms with Crippen LogP contribution in [-0.4, -0.2) is 28.8 Å². The zero-order chi connectivity index (χ0) is 16.8. The van der Waals surface area contributed by atoms with Gasteiger partial charge >= 0.3 is 0 Å². The van der Waals surface area contributed by atoms with Gasteiger partial charge in [-0.1, -0.05) is 43.7 Å². The number of benzene rings is 1. The number of nitrogens with one attached hydrogen (secondary N) is 1. The molecule has 0 aromatic heterocycles. The van der Waals surface area contributed by atoms with Crippen molar-refractivity contribution >= 4 is 11.8 Å². The summed E-state index contributed by atoms with van der Waals surface area (Å²) >= 11 is 0. The first-order valence-electron chi connectivity index (χ1n) is 8.11. The lowest BCUT2D eigenvalue weighted by atomic mass is 10.1. The second-order valence-corrected chi connectivity index (χ2v) is 6.01. The van der Waals surface area contributed by atoms with E-state index < -0.39 is 6.04 Å². The number of amides is 2. The van der Waals surface area contributed by atoms with Crippen molar-refractivity contribution in [2.75, 3.05) is 0 Å². The number of hydrogen-bond acceptors (Lipinski definition) is 3. The van der Waals surface area contributed by atoms with E-state index in [-0.39, 0.29) is 17.9 Å². The lowest BCUT2D eigenvalue weighted by molar-refractivity contribution is -0.126. The summed E-state index contributed by atoms with van der Waals surface area (Å²) < 4.78 is 0. The van der Waals surface area contributed by atoms with E-state index in [0.717, 1.165) is 12.8 Å². The maximum atomic E-state index is 12.3. The van der Waals surface area contributed by atoms with E-state index >= 15 is 0 Å². The highest BCUT2D eigenvalue weighted by Crippen LogP contribution is 2.22. The van der Waals surface area contributed by atoms with Crippen LogP contribution in [0.25, 0.3) is 0 Å². The predicted molar refractivity (Wildman–Crippen MR) is 90.3 cm³/mol. The van der Waals surface area contributed by atoms with E-state index in [1.54, 1.807) is 24.0 Å². The molecule has 1 aromatic carbocycles. The summed E-state index contributed by atoms with van der Waals surface area (Å²) in [4.78, 5) is 25.9. The Morgan fingerprint density at radius 3 is 2.43 bits per heavy atom. The van der Waals surface area contributed by atoms with Gasteiger partial charge in [-0.25, -0.2) is 0 Å². The molecule has 0 aliphatic carbocycles. The van der Waals surface area contributed by atoms with Gasteiger partial charge in [0, 0.05) is 25.2 Å². The fourth-order valence-corrected chi connectivity index (χ4v) is 2.63. The maximum Gasteiger partial charge on any atom is 0.246 e. The predicted octanol–water partition coefficient (Wildman–Crippen LogP) is 1.72. The molecule has 0 fully saturated rings. The third kappa shape index (κ3) is 4.66. The van der Waals surface area contributed by atoms with Gasteiger partial charge in [-0.2, -0.15) is 0 Å². The van der Waals surface area contributed by atoms with Gasteiger partial charge < -0.3 is 16.0 Å². The zero-order valence-electron chi connectivity index (χ0n) is 13.8. The second-order valence-electron chi connectivity index (χ2n) is 6.01. The first-order chi connectivity index (χ1) is 11.0. The van der Waals surface area contributed by atoms with Crippen LogP contribution >= 0.6 is 0 Å². The van der Waals surface area contributed by atoms with Crippen molar-refractivity contribution in [1.82, 2.24) is 10.2 Å². The lowest BCUT2D eigenvalue weighted by Gasteiger charge is -2.17. The Hall–Kier alpha value is -2.14.